The van der Waals surface area contributed by atoms with Crippen LogP contribution in [0.15, 0.2) is 47.8 Å². The lowest BCUT2D eigenvalue weighted by Gasteiger charge is -2.37. The van der Waals surface area contributed by atoms with Gasteiger partial charge in [-0.3, -0.25) is 4.79 Å². The first kappa shape index (κ1) is 17.7. The van der Waals surface area contributed by atoms with Crippen molar-refractivity contribution >= 4 is 17.2 Å². The van der Waals surface area contributed by atoms with Crippen molar-refractivity contribution in [3.63, 3.8) is 0 Å². The van der Waals surface area contributed by atoms with Crippen molar-refractivity contribution in [2.45, 2.75) is 36.7 Å². The van der Waals surface area contributed by atoms with Crippen molar-refractivity contribution in [1.82, 2.24) is 5.32 Å². The molecule has 1 aromatic heterocycles. The van der Waals surface area contributed by atoms with Crippen LogP contribution in [-0.2, 0) is 20.5 Å². The molecule has 2 heterocycles. The van der Waals surface area contributed by atoms with E-state index in [0.717, 1.165) is 23.3 Å². The van der Waals surface area contributed by atoms with E-state index in [1.54, 1.807) is 11.3 Å². The molecule has 1 aliphatic carbocycles. The summed E-state index contributed by atoms with van der Waals surface area (Å²) in [6.07, 6.45) is 3.37. The normalized spacial score (nSPS) is 21.7. The van der Waals surface area contributed by atoms with Crippen molar-refractivity contribution in [3.8, 4) is 0 Å². The third-order valence-corrected chi connectivity index (χ3v) is 6.86. The van der Waals surface area contributed by atoms with E-state index in [4.69, 9.17) is 4.74 Å². The summed E-state index contributed by atoms with van der Waals surface area (Å²) in [4.78, 5) is 14.3. The van der Waals surface area contributed by atoms with Crippen LogP contribution in [0.5, 0.6) is 0 Å². The molecule has 1 saturated carbocycles. The number of aliphatic hydroxyl groups is 1. The van der Waals surface area contributed by atoms with Crippen molar-refractivity contribution in [2.75, 3.05) is 19.8 Å². The number of hydrogen-bond acceptors (Lipinski definition) is 4. The van der Waals surface area contributed by atoms with Crippen molar-refractivity contribution in [3.05, 3.63) is 58.3 Å². The predicted molar refractivity (Wildman–Crippen MR) is 102 cm³/mol. The lowest BCUT2D eigenvalue weighted by molar-refractivity contribution is -0.132. The quantitative estimate of drug-likeness (QED) is 0.820. The van der Waals surface area contributed by atoms with Gasteiger partial charge in [0.15, 0.2) is 0 Å². The standard InChI is InChI=1S/C21H25NO3S/c23-19(20(10-12-25-13-11-20)16-5-2-1-3-6-16)22-15-21(24,17-8-9-17)18-7-4-14-26-18/h1-7,14,17,24H,8-13,15H2,(H,22,23)/t21-/m1/s1. The SMILES string of the molecule is O=C(NC[C@](O)(c1cccs1)C1CC1)C1(c2ccccc2)CCOCC1. The maximum atomic E-state index is 13.3. The first-order valence-corrected chi connectivity index (χ1v) is 10.2. The van der Waals surface area contributed by atoms with E-state index in [1.807, 2.05) is 47.8 Å². The Bertz CT molecular complexity index is 736. The molecule has 2 fully saturated rings. The van der Waals surface area contributed by atoms with Gasteiger partial charge in [-0.25, -0.2) is 0 Å². The Morgan fingerprint density at radius 3 is 2.54 bits per heavy atom. The number of ether oxygens (including phenoxy) is 1. The largest absolute Gasteiger partial charge is 0.382 e. The highest BCUT2D eigenvalue weighted by Crippen LogP contribution is 2.47. The molecule has 1 aliphatic heterocycles. The summed E-state index contributed by atoms with van der Waals surface area (Å²) in [6, 6.07) is 13.9. The number of carbonyl (C=O) groups excluding carboxylic acids is 1. The number of thiophene rings is 1. The van der Waals surface area contributed by atoms with Crippen LogP contribution in [0.1, 0.15) is 36.1 Å². The minimum Gasteiger partial charge on any atom is -0.382 e. The van der Waals surface area contributed by atoms with Gasteiger partial charge in [0.2, 0.25) is 5.91 Å². The molecule has 0 bridgehead atoms. The van der Waals surface area contributed by atoms with Gasteiger partial charge < -0.3 is 15.2 Å². The maximum absolute atomic E-state index is 13.3. The fourth-order valence-corrected chi connectivity index (χ4v) is 4.93. The molecule has 1 amide bonds. The van der Waals surface area contributed by atoms with E-state index in [0.29, 0.717) is 26.1 Å². The van der Waals surface area contributed by atoms with E-state index in [9.17, 15) is 9.90 Å². The third-order valence-electron chi connectivity index (χ3n) is 5.83. The average molecular weight is 372 g/mol. The lowest BCUT2D eigenvalue weighted by Crippen LogP contribution is -2.51. The molecule has 1 aromatic carbocycles. The van der Waals surface area contributed by atoms with Gasteiger partial charge in [-0.1, -0.05) is 36.4 Å². The van der Waals surface area contributed by atoms with Crippen molar-refractivity contribution in [1.29, 1.82) is 0 Å². The fourth-order valence-electron chi connectivity index (χ4n) is 4.03. The Balaban J connectivity index is 1.55. The van der Waals surface area contributed by atoms with Gasteiger partial charge in [0, 0.05) is 18.1 Å². The van der Waals surface area contributed by atoms with Crippen LogP contribution in [0.25, 0.3) is 0 Å². The zero-order valence-corrected chi connectivity index (χ0v) is 15.6. The molecule has 0 radical (unpaired) electrons. The van der Waals surface area contributed by atoms with Gasteiger partial charge in [-0.05, 0) is 48.6 Å². The number of rotatable bonds is 6. The van der Waals surface area contributed by atoms with Gasteiger partial charge in [-0.15, -0.1) is 11.3 Å². The number of nitrogens with one attached hydrogen (secondary N) is 1. The summed E-state index contributed by atoms with van der Waals surface area (Å²) in [6.45, 7) is 1.44. The topological polar surface area (TPSA) is 58.6 Å². The molecule has 2 aliphatic rings. The van der Waals surface area contributed by atoms with E-state index >= 15 is 0 Å². The van der Waals surface area contributed by atoms with Gasteiger partial charge in [0.05, 0.1) is 12.0 Å². The van der Waals surface area contributed by atoms with E-state index in [-0.39, 0.29) is 18.4 Å². The molecule has 0 spiro atoms. The van der Waals surface area contributed by atoms with Gasteiger partial charge in [0.1, 0.15) is 5.60 Å². The highest BCUT2D eigenvalue weighted by molar-refractivity contribution is 7.10. The van der Waals surface area contributed by atoms with Gasteiger partial charge in [0.25, 0.3) is 0 Å². The average Bonchev–Trinajstić information content (AvgIpc) is 3.41. The minimum atomic E-state index is -0.952. The second-order valence-corrected chi connectivity index (χ2v) is 8.37. The van der Waals surface area contributed by atoms with Gasteiger partial charge >= 0.3 is 0 Å². The number of amides is 1. The fraction of sp³-hybridized carbons (Fsp3) is 0.476. The molecule has 4 rings (SSSR count). The van der Waals surface area contributed by atoms with Crippen LogP contribution < -0.4 is 5.32 Å². The van der Waals surface area contributed by atoms with Gasteiger partial charge in [-0.2, -0.15) is 0 Å². The Morgan fingerprint density at radius 1 is 1.19 bits per heavy atom. The molecule has 0 unspecified atom stereocenters. The molecule has 26 heavy (non-hydrogen) atoms. The Labute approximate surface area is 158 Å². The molecule has 4 nitrogen and oxygen atoms in total. The monoisotopic (exact) mass is 371 g/mol. The molecule has 1 saturated heterocycles. The van der Waals surface area contributed by atoms with Crippen LogP contribution in [0.4, 0.5) is 0 Å². The zero-order chi connectivity index (χ0) is 18.0. The van der Waals surface area contributed by atoms with Crippen molar-refractivity contribution in [2.24, 2.45) is 5.92 Å². The van der Waals surface area contributed by atoms with E-state index < -0.39 is 11.0 Å². The van der Waals surface area contributed by atoms with E-state index in [1.165, 1.54) is 0 Å². The van der Waals surface area contributed by atoms with Crippen molar-refractivity contribution < 1.29 is 14.6 Å². The molecule has 2 aromatic rings. The summed E-state index contributed by atoms with van der Waals surface area (Å²) in [5.41, 5.74) is -0.487. The first-order valence-electron chi connectivity index (χ1n) is 9.33. The molecular formula is C21H25NO3S. The smallest absolute Gasteiger partial charge is 0.230 e. The van der Waals surface area contributed by atoms with Crippen LogP contribution in [-0.4, -0.2) is 30.8 Å². The number of carbonyl (C=O) groups is 1. The lowest BCUT2D eigenvalue weighted by atomic mass is 9.73. The molecule has 138 valence electrons. The zero-order valence-electron chi connectivity index (χ0n) is 14.8. The Morgan fingerprint density at radius 2 is 1.92 bits per heavy atom. The summed E-state index contributed by atoms with van der Waals surface area (Å²) in [7, 11) is 0. The number of hydrogen-bond donors (Lipinski definition) is 2. The summed E-state index contributed by atoms with van der Waals surface area (Å²) in [5, 5.41) is 16.4. The summed E-state index contributed by atoms with van der Waals surface area (Å²) in [5.74, 6) is 0.242. The third kappa shape index (κ3) is 3.20. The molecule has 1 atom stereocenters. The number of benzene rings is 1. The molecule has 2 N–H and O–H groups in total. The summed E-state index contributed by atoms with van der Waals surface area (Å²) >= 11 is 1.56. The second-order valence-electron chi connectivity index (χ2n) is 7.42. The highest BCUT2D eigenvalue weighted by Gasteiger charge is 2.48. The van der Waals surface area contributed by atoms with Crippen LogP contribution in [0.3, 0.4) is 0 Å². The first-order chi connectivity index (χ1) is 12.7. The second kappa shape index (κ2) is 7.14. The van der Waals surface area contributed by atoms with Crippen LogP contribution in [0.2, 0.25) is 0 Å². The minimum absolute atomic E-state index is 0.00244. The van der Waals surface area contributed by atoms with E-state index in [2.05, 4.69) is 5.32 Å². The Kier molecular flexibility index (Phi) is 4.86. The highest BCUT2D eigenvalue weighted by atomic mass is 32.1. The maximum Gasteiger partial charge on any atom is 0.230 e. The molecule has 5 heteroatoms. The Hall–Kier alpha value is -1.69. The van der Waals surface area contributed by atoms with Crippen LogP contribution in [0, 0.1) is 5.92 Å². The van der Waals surface area contributed by atoms with Crippen LogP contribution >= 0.6 is 11.3 Å². The summed E-state index contributed by atoms with van der Waals surface area (Å²) < 4.78 is 5.52. The molecular weight excluding hydrogens is 346 g/mol. The predicted octanol–water partition coefficient (Wildman–Crippen LogP) is 3.21.